The Bertz CT molecular complexity index is 607. The van der Waals surface area contributed by atoms with Crippen LogP contribution in [0.15, 0.2) is 48.5 Å². The highest BCUT2D eigenvalue weighted by molar-refractivity contribution is 5.95. The Morgan fingerprint density at radius 2 is 1.75 bits per heavy atom. The number of benzene rings is 2. The van der Waals surface area contributed by atoms with Crippen LogP contribution in [0.3, 0.4) is 0 Å². The maximum absolute atomic E-state index is 11.8. The van der Waals surface area contributed by atoms with Gasteiger partial charge in [0.15, 0.2) is 0 Å². The van der Waals surface area contributed by atoms with Crippen LogP contribution in [0.1, 0.15) is 21.5 Å². The third-order valence-electron chi connectivity index (χ3n) is 3.39. The van der Waals surface area contributed by atoms with E-state index in [1.807, 2.05) is 37.4 Å². The number of rotatable bonds is 4. The van der Waals surface area contributed by atoms with Gasteiger partial charge >= 0.3 is 5.97 Å². The van der Waals surface area contributed by atoms with Crippen molar-refractivity contribution in [2.45, 2.75) is 13.5 Å². The van der Waals surface area contributed by atoms with Crippen molar-refractivity contribution in [2.75, 3.05) is 19.1 Å². The van der Waals surface area contributed by atoms with Crippen LogP contribution in [0.25, 0.3) is 0 Å². The Kier molecular flexibility index (Phi) is 4.41. The minimum atomic E-state index is -0.308. The fourth-order valence-corrected chi connectivity index (χ4v) is 2.22. The van der Waals surface area contributed by atoms with E-state index < -0.39 is 0 Å². The van der Waals surface area contributed by atoms with Crippen LogP contribution in [0.2, 0.25) is 0 Å². The predicted octanol–water partition coefficient (Wildman–Crippen LogP) is 3.42. The first kappa shape index (κ1) is 14.1. The first-order valence-electron chi connectivity index (χ1n) is 6.56. The molecule has 2 aromatic carbocycles. The zero-order chi connectivity index (χ0) is 14.5. The predicted molar refractivity (Wildman–Crippen MR) is 81.1 cm³/mol. The maximum atomic E-state index is 11.8. The van der Waals surface area contributed by atoms with Gasteiger partial charge in [-0.15, -0.1) is 0 Å². The summed E-state index contributed by atoms with van der Waals surface area (Å²) in [6.45, 7) is 2.84. The van der Waals surface area contributed by atoms with Crippen molar-refractivity contribution in [2.24, 2.45) is 0 Å². The molecule has 0 aromatic heterocycles. The molecule has 0 N–H and O–H groups in total. The van der Waals surface area contributed by atoms with E-state index in [4.69, 9.17) is 4.74 Å². The summed E-state index contributed by atoms with van der Waals surface area (Å²) in [5.41, 5.74) is 3.96. The van der Waals surface area contributed by atoms with Gasteiger partial charge in [0.2, 0.25) is 0 Å². The molecule has 0 aliphatic carbocycles. The molecule has 2 rings (SSSR count). The minimum Gasteiger partial charge on any atom is -0.465 e. The molecule has 104 valence electrons. The largest absolute Gasteiger partial charge is 0.465 e. The van der Waals surface area contributed by atoms with E-state index in [1.54, 1.807) is 6.07 Å². The van der Waals surface area contributed by atoms with E-state index in [-0.39, 0.29) is 5.97 Å². The second kappa shape index (κ2) is 6.24. The third kappa shape index (κ3) is 2.99. The maximum Gasteiger partial charge on any atom is 0.339 e. The normalized spacial score (nSPS) is 10.2. The second-order valence-corrected chi connectivity index (χ2v) is 4.79. The van der Waals surface area contributed by atoms with Crippen LogP contribution in [-0.2, 0) is 11.3 Å². The van der Waals surface area contributed by atoms with Gasteiger partial charge in [-0.1, -0.05) is 36.4 Å². The molecule has 0 bridgehead atoms. The average molecular weight is 269 g/mol. The lowest BCUT2D eigenvalue weighted by molar-refractivity contribution is 0.0601. The molecule has 3 heteroatoms. The molecule has 20 heavy (non-hydrogen) atoms. The summed E-state index contributed by atoms with van der Waals surface area (Å²) in [6.07, 6.45) is 0. The number of hydrogen-bond donors (Lipinski definition) is 0. The number of carbonyl (C=O) groups excluding carboxylic acids is 1. The number of methoxy groups -OCH3 is 1. The summed E-state index contributed by atoms with van der Waals surface area (Å²) in [7, 11) is 3.38. The average Bonchev–Trinajstić information content (AvgIpc) is 2.48. The molecule has 0 aliphatic rings. The standard InChI is InChI=1S/C17H19NO2/c1-13-8-4-5-9-14(13)12-18(2)16-11-7-6-10-15(16)17(19)20-3/h4-11H,12H2,1-3H3. The summed E-state index contributed by atoms with van der Waals surface area (Å²) in [6, 6.07) is 15.7. The molecule has 3 nitrogen and oxygen atoms in total. The number of para-hydroxylation sites is 1. The smallest absolute Gasteiger partial charge is 0.339 e. The fourth-order valence-electron chi connectivity index (χ4n) is 2.22. The number of carbonyl (C=O) groups is 1. The van der Waals surface area contributed by atoms with E-state index in [0.29, 0.717) is 5.56 Å². The number of anilines is 1. The molecular weight excluding hydrogens is 250 g/mol. The number of nitrogens with zero attached hydrogens (tertiary/aromatic N) is 1. The van der Waals surface area contributed by atoms with Gasteiger partial charge in [0.1, 0.15) is 0 Å². The minimum absolute atomic E-state index is 0.308. The fraction of sp³-hybridized carbons (Fsp3) is 0.235. The lowest BCUT2D eigenvalue weighted by Gasteiger charge is -2.22. The lowest BCUT2D eigenvalue weighted by atomic mass is 10.1. The van der Waals surface area contributed by atoms with Crippen LogP contribution in [-0.4, -0.2) is 20.1 Å². The Balaban J connectivity index is 2.28. The molecule has 0 aliphatic heterocycles. The molecular formula is C17H19NO2. The first-order valence-corrected chi connectivity index (χ1v) is 6.56. The van der Waals surface area contributed by atoms with E-state index in [0.717, 1.165) is 12.2 Å². The molecule has 0 saturated heterocycles. The van der Waals surface area contributed by atoms with Crippen molar-refractivity contribution < 1.29 is 9.53 Å². The molecule has 0 spiro atoms. The number of aryl methyl sites for hydroxylation is 1. The van der Waals surface area contributed by atoms with Gasteiger partial charge in [0.25, 0.3) is 0 Å². The summed E-state index contributed by atoms with van der Waals surface area (Å²) >= 11 is 0. The zero-order valence-corrected chi connectivity index (χ0v) is 12.1. The molecule has 2 aromatic rings. The zero-order valence-electron chi connectivity index (χ0n) is 12.1. The molecule has 0 heterocycles. The summed E-state index contributed by atoms with van der Waals surface area (Å²) < 4.78 is 4.84. The summed E-state index contributed by atoms with van der Waals surface area (Å²) in [5, 5.41) is 0. The van der Waals surface area contributed by atoms with Crippen molar-refractivity contribution >= 4 is 11.7 Å². The number of esters is 1. The second-order valence-electron chi connectivity index (χ2n) is 4.79. The van der Waals surface area contributed by atoms with Crippen LogP contribution in [0, 0.1) is 6.92 Å². The van der Waals surface area contributed by atoms with Gasteiger partial charge in [-0.05, 0) is 30.2 Å². The van der Waals surface area contributed by atoms with Gasteiger partial charge in [0.05, 0.1) is 18.4 Å². The van der Waals surface area contributed by atoms with Gasteiger partial charge in [-0.3, -0.25) is 0 Å². The van der Waals surface area contributed by atoms with E-state index in [9.17, 15) is 4.79 Å². The third-order valence-corrected chi connectivity index (χ3v) is 3.39. The van der Waals surface area contributed by atoms with E-state index in [1.165, 1.54) is 18.2 Å². The van der Waals surface area contributed by atoms with Gasteiger partial charge < -0.3 is 9.64 Å². The van der Waals surface area contributed by atoms with Crippen LogP contribution < -0.4 is 4.90 Å². The highest BCUT2D eigenvalue weighted by Gasteiger charge is 2.14. The van der Waals surface area contributed by atoms with Gasteiger partial charge in [0, 0.05) is 13.6 Å². The Morgan fingerprint density at radius 3 is 2.45 bits per heavy atom. The quantitative estimate of drug-likeness (QED) is 0.797. The molecule has 0 radical (unpaired) electrons. The molecule has 0 amide bonds. The Hall–Kier alpha value is -2.29. The number of hydrogen-bond acceptors (Lipinski definition) is 3. The van der Waals surface area contributed by atoms with Crippen LogP contribution in [0.5, 0.6) is 0 Å². The van der Waals surface area contributed by atoms with Crippen molar-refractivity contribution in [3.63, 3.8) is 0 Å². The Labute approximate surface area is 119 Å². The van der Waals surface area contributed by atoms with Crippen LogP contribution >= 0.6 is 0 Å². The summed E-state index contributed by atoms with van der Waals surface area (Å²) in [5.74, 6) is -0.308. The van der Waals surface area contributed by atoms with E-state index >= 15 is 0 Å². The SMILES string of the molecule is COC(=O)c1ccccc1N(C)Cc1ccccc1C. The van der Waals surface area contributed by atoms with Gasteiger partial charge in [-0.25, -0.2) is 4.79 Å². The lowest BCUT2D eigenvalue weighted by Crippen LogP contribution is -2.20. The number of ether oxygens (including phenoxy) is 1. The van der Waals surface area contributed by atoms with Crippen molar-refractivity contribution in [3.05, 3.63) is 65.2 Å². The van der Waals surface area contributed by atoms with Crippen molar-refractivity contribution in [1.82, 2.24) is 0 Å². The molecule has 0 fully saturated rings. The molecule has 0 unspecified atom stereocenters. The van der Waals surface area contributed by atoms with Gasteiger partial charge in [-0.2, -0.15) is 0 Å². The van der Waals surface area contributed by atoms with Crippen molar-refractivity contribution in [1.29, 1.82) is 0 Å². The monoisotopic (exact) mass is 269 g/mol. The van der Waals surface area contributed by atoms with E-state index in [2.05, 4.69) is 24.0 Å². The topological polar surface area (TPSA) is 29.5 Å². The first-order chi connectivity index (χ1) is 9.63. The van der Waals surface area contributed by atoms with Crippen molar-refractivity contribution in [3.8, 4) is 0 Å². The highest BCUT2D eigenvalue weighted by Crippen LogP contribution is 2.22. The Morgan fingerprint density at radius 1 is 1.10 bits per heavy atom. The molecule has 0 saturated carbocycles. The molecule has 0 atom stereocenters. The summed E-state index contributed by atoms with van der Waals surface area (Å²) in [4.78, 5) is 13.9. The van der Waals surface area contributed by atoms with Crippen LogP contribution in [0.4, 0.5) is 5.69 Å². The highest BCUT2D eigenvalue weighted by atomic mass is 16.5.